The van der Waals surface area contributed by atoms with Crippen molar-refractivity contribution < 1.29 is 4.43 Å². The smallest absolute Gasteiger partial charge is 0.192 e. The zero-order valence-corrected chi connectivity index (χ0v) is 16.2. The van der Waals surface area contributed by atoms with Crippen molar-refractivity contribution in [3.05, 3.63) is 35.9 Å². The molecule has 0 aromatic heterocycles. The molecule has 0 radical (unpaired) electrons. The molecule has 0 bridgehead atoms. The summed E-state index contributed by atoms with van der Waals surface area (Å²) in [4.78, 5) is 2.57. The molecule has 1 aliphatic rings. The Morgan fingerprint density at radius 1 is 1.18 bits per heavy atom. The number of piperidine rings is 1. The molecule has 1 aliphatic heterocycles. The Bertz CT molecular complexity index is 466. The van der Waals surface area contributed by atoms with Gasteiger partial charge in [0.15, 0.2) is 8.32 Å². The van der Waals surface area contributed by atoms with Gasteiger partial charge in [-0.1, -0.05) is 58.0 Å². The highest BCUT2D eigenvalue weighted by molar-refractivity contribution is 6.74. The summed E-state index contributed by atoms with van der Waals surface area (Å²) in [5.41, 5.74) is 1.42. The number of hydrogen-bond acceptors (Lipinski definition) is 2. The second-order valence-corrected chi connectivity index (χ2v) is 13.2. The molecule has 0 aliphatic carbocycles. The Morgan fingerprint density at radius 2 is 1.82 bits per heavy atom. The van der Waals surface area contributed by atoms with E-state index in [-0.39, 0.29) is 0 Å². The van der Waals surface area contributed by atoms with Crippen LogP contribution in [0, 0.1) is 5.92 Å². The Hall–Kier alpha value is -0.643. The summed E-state index contributed by atoms with van der Waals surface area (Å²) < 4.78 is 6.67. The number of benzene rings is 1. The highest BCUT2D eigenvalue weighted by Crippen LogP contribution is 2.39. The number of nitrogens with zero attached hydrogens (tertiary/aromatic N) is 1. The SMILES string of the molecule is C[C@H]1CN(Cc2ccccc2)CC[C@H]1O[Si](C)(C)C(C)(C)C. The van der Waals surface area contributed by atoms with Gasteiger partial charge >= 0.3 is 0 Å². The van der Waals surface area contributed by atoms with Crippen molar-refractivity contribution >= 4 is 8.32 Å². The van der Waals surface area contributed by atoms with Gasteiger partial charge in [0.05, 0.1) is 6.10 Å². The van der Waals surface area contributed by atoms with Gasteiger partial charge in [0.2, 0.25) is 0 Å². The van der Waals surface area contributed by atoms with Crippen LogP contribution in [0.15, 0.2) is 30.3 Å². The monoisotopic (exact) mass is 319 g/mol. The van der Waals surface area contributed by atoms with Gasteiger partial charge in [-0.05, 0) is 36.0 Å². The first-order valence-electron chi connectivity index (χ1n) is 8.63. The summed E-state index contributed by atoms with van der Waals surface area (Å²) >= 11 is 0. The highest BCUT2D eigenvalue weighted by Gasteiger charge is 2.41. The molecule has 1 heterocycles. The molecule has 2 atom stereocenters. The van der Waals surface area contributed by atoms with Gasteiger partial charge in [-0.2, -0.15) is 0 Å². The van der Waals surface area contributed by atoms with Gasteiger partial charge < -0.3 is 4.43 Å². The quantitative estimate of drug-likeness (QED) is 0.730. The van der Waals surface area contributed by atoms with Crippen molar-refractivity contribution in [1.29, 1.82) is 0 Å². The lowest BCUT2D eigenvalue weighted by atomic mass is 9.96. The van der Waals surface area contributed by atoms with Crippen LogP contribution in [-0.4, -0.2) is 32.4 Å². The van der Waals surface area contributed by atoms with Crippen molar-refractivity contribution in [3.8, 4) is 0 Å². The standard InChI is InChI=1S/C19H33NOSi/c1-16-14-20(15-17-10-8-7-9-11-17)13-12-18(16)21-22(5,6)19(2,3)4/h7-11,16,18H,12-15H2,1-6H3/t16-,18+/m0/s1. The lowest BCUT2D eigenvalue weighted by molar-refractivity contribution is 0.0398. The largest absolute Gasteiger partial charge is 0.414 e. The molecule has 0 spiro atoms. The Kier molecular flexibility index (Phi) is 5.52. The predicted octanol–water partition coefficient (Wildman–Crippen LogP) is 4.92. The van der Waals surface area contributed by atoms with Crippen molar-refractivity contribution in [2.45, 2.75) is 64.9 Å². The maximum atomic E-state index is 6.67. The number of hydrogen-bond donors (Lipinski definition) is 0. The molecule has 124 valence electrons. The fourth-order valence-corrected chi connectivity index (χ4v) is 4.39. The maximum absolute atomic E-state index is 6.67. The van der Waals surface area contributed by atoms with Crippen molar-refractivity contribution in [2.24, 2.45) is 5.92 Å². The molecule has 0 amide bonds. The zero-order chi connectivity index (χ0) is 16.4. The second kappa shape index (κ2) is 6.86. The summed E-state index contributed by atoms with van der Waals surface area (Å²) in [5.74, 6) is 0.617. The van der Waals surface area contributed by atoms with E-state index in [1.807, 2.05) is 0 Å². The van der Waals surface area contributed by atoms with E-state index in [1.165, 1.54) is 12.0 Å². The number of rotatable bonds is 4. The summed E-state index contributed by atoms with van der Waals surface area (Å²) in [5, 5.41) is 0.299. The van der Waals surface area contributed by atoms with E-state index in [1.54, 1.807) is 0 Å². The van der Waals surface area contributed by atoms with E-state index in [2.05, 4.69) is 76.0 Å². The van der Waals surface area contributed by atoms with Gasteiger partial charge in [-0.3, -0.25) is 4.90 Å². The lowest BCUT2D eigenvalue weighted by Crippen LogP contribution is -2.50. The molecule has 3 heteroatoms. The van der Waals surface area contributed by atoms with Crippen LogP contribution in [0.3, 0.4) is 0 Å². The zero-order valence-electron chi connectivity index (χ0n) is 15.2. The molecule has 0 unspecified atom stereocenters. The summed E-state index contributed by atoms with van der Waals surface area (Å²) in [6, 6.07) is 10.8. The summed E-state index contributed by atoms with van der Waals surface area (Å²) in [6.07, 6.45) is 1.61. The third kappa shape index (κ3) is 4.43. The molecule has 22 heavy (non-hydrogen) atoms. The molecule has 2 nitrogen and oxygen atoms in total. The van der Waals surface area contributed by atoms with Crippen LogP contribution in [0.1, 0.15) is 39.7 Å². The van der Waals surface area contributed by atoms with Gasteiger partial charge in [0.25, 0.3) is 0 Å². The first-order chi connectivity index (χ1) is 10.2. The fourth-order valence-electron chi connectivity index (χ4n) is 2.93. The Balaban J connectivity index is 1.90. The third-order valence-corrected chi connectivity index (χ3v) is 9.92. The number of likely N-dealkylation sites (tertiary alicyclic amines) is 1. The van der Waals surface area contributed by atoms with Crippen LogP contribution in [-0.2, 0) is 11.0 Å². The van der Waals surface area contributed by atoms with Crippen molar-refractivity contribution in [2.75, 3.05) is 13.1 Å². The van der Waals surface area contributed by atoms with Crippen LogP contribution >= 0.6 is 0 Å². The normalized spacial score (nSPS) is 24.5. The van der Waals surface area contributed by atoms with Crippen LogP contribution in [0.4, 0.5) is 0 Å². The topological polar surface area (TPSA) is 12.5 Å². The molecule has 1 saturated heterocycles. The summed E-state index contributed by atoms with van der Waals surface area (Å²) in [7, 11) is -1.65. The summed E-state index contributed by atoms with van der Waals surface area (Å²) in [6.45, 7) is 17.4. The van der Waals surface area contributed by atoms with Gasteiger partial charge in [0.1, 0.15) is 0 Å². The molecule has 0 saturated carbocycles. The minimum absolute atomic E-state index is 0.299. The van der Waals surface area contributed by atoms with E-state index in [0.29, 0.717) is 17.1 Å². The van der Waals surface area contributed by atoms with Crippen molar-refractivity contribution in [1.82, 2.24) is 4.90 Å². The molecular formula is C19H33NOSi. The molecule has 0 N–H and O–H groups in total. The third-order valence-electron chi connectivity index (χ3n) is 5.41. The first kappa shape index (κ1) is 17.7. The van der Waals surface area contributed by atoms with Crippen molar-refractivity contribution in [3.63, 3.8) is 0 Å². The van der Waals surface area contributed by atoms with E-state index in [9.17, 15) is 0 Å². The molecular weight excluding hydrogens is 286 g/mol. The predicted molar refractivity (Wildman–Crippen MR) is 97.6 cm³/mol. The van der Waals surface area contributed by atoms with Crippen LogP contribution in [0.2, 0.25) is 18.1 Å². The average Bonchev–Trinajstić information content (AvgIpc) is 2.42. The van der Waals surface area contributed by atoms with Crippen LogP contribution in [0.5, 0.6) is 0 Å². The van der Waals surface area contributed by atoms with Crippen LogP contribution in [0.25, 0.3) is 0 Å². The van der Waals surface area contributed by atoms with Gasteiger partial charge in [-0.15, -0.1) is 0 Å². The molecule has 2 rings (SSSR count). The molecule has 1 fully saturated rings. The van der Waals surface area contributed by atoms with Gasteiger partial charge in [0, 0.05) is 19.6 Å². The minimum Gasteiger partial charge on any atom is -0.414 e. The maximum Gasteiger partial charge on any atom is 0.192 e. The minimum atomic E-state index is -1.65. The van der Waals surface area contributed by atoms with Crippen LogP contribution < -0.4 is 0 Å². The second-order valence-electron chi connectivity index (χ2n) is 8.40. The van der Waals surface area contributed by atoms with Gasteiger partial charge in [-0.25, -0.2) is 0 Å². The van der Waals surface area contributed by atoms with E-state index in [4.69, 9.17) is 4.43 Å². The van der Waals surface area contributed by atoms with E-state index < -0.39 is 8.32 Å². The van der Waals surface area contributed by atoms with E-state index in [0.717, 1.165) is 19.6 Å². The Labute approximate surface area is 138 Å². The van der Waals surface area contributed by atoms with E-state index >= 15 is 0 Å². The lowest BCUT2D eigenvalue weighted by Gasteiger charge is -2.44. The first-order valence-corrected chi connectivity index (χ1v) is 11.5. The average molecular weight is 320 g/mol. The molecule has 1 aromatic carbocycles. The Morgan fingerprint density at radius 3 is 2.36 bits per heavy atom. The highest BCUT2D eigenvalue weighted by atomic mass is 28.4. The molecule has 1 aromatic rings. The fraction of sp³-hybridized carbons (Fsp3) is 0.684.